The fourth-order valence-corrected chi connectivity index (χ4v) is 4.08. The molecule has 0 saturated heterocycles. The van der Waals surface area contributed by atoms with Crippen molar-refractivity contribution in [1.82, 2.24) is 4.98 Å². The van der Waals surface area contributed by atoms with Crippen molar-refractivity contribution in [3.63, 3.8) is 0 Å². The van der Waals surface area contributed by atoms with Gasteiger partial charge in [-0.15, -0.1) is 0 Å². The van der Waals surface area contributed by atoms with Crippen LogP contribution < -0.4 is 19.9 Å². The first-order valence-electron chi connectivity index (χ1n) is 10.7. The average molecular weight is 450 g/mol. The van der Waals surface area contributed by atoms with Gasteiger partial charge in [0.1, 0.15) is 11.5 Å². The van der Waals surface area contributed by atoms with Gasteiger partial charge >= 0.3 is 0 Å². The summed E-state index contributed by atoms with van der Waals surface area (Å²) in [6, 6.07) is 24.8. The summed E-state index contributed by atoms with van der Waals surface area (Å²) in [5, 5.41) is 2.41. The number of hydrogen-bond acceptors (Lipinski definition) is 5. The lowest BCUT2D eigenvalue weighted by Crippen LogP contribution is -2.11. The molecule has 0 fully saturated rings. The molecule has 0 unspecified atom stereocenters. The fourth-order valence-electron chi connectivity index (χ4n) is 4.08. The lowest BCUT2D eigenvalue weighted by atomic mass is 9.96. The fraction of sp³-hybridized carbons (Fsp3) is 0.0714. The van der Waals surface area contributed by atoms with E-state index in [4.69, 9.17) is 19.9 Å². The van der Waals surface area contributed by atoms with E-state index in [1.807, 2.05) is 72.8 Å². The zero-order valence-corrected chi connectivity index (χ0v) is 18.7. The van der Waals surface area contributed by atoms with Crippen LogP contribution in [0.4, 0.5) is 0 Å². The van der Waals surface area contributed by atoms with Crippen LogP contribution in [0.25, 0.3) is 32.8 Å². The smallest absolute Gasteiger partial charge is 0.249 e. The van der Waals surface area contributed by atoms with Crippen LogP contribution >= 0.6 is 0 Å². The predicted molar refractivity (Wildman–Crippen MR) is 133 cm³/mol. The third-order valence-electron chi connectivity index (χ3n) is 5.73. The number of methoxy groups -OCH3 is 2. The number of pyridine rings is 1. The maximum Gasteiger partial charge on any atom is 0.249 e. The van der Waals surface area contributed by atoms with Gasteiger partial charge in [-0.3, -0.25) is 9.78 Å². The molecule has 0 aliphatic carbocycles. The third kappa shape index (κ3) is 3.86. The lowest BCUT2D eigenvalue weighted by Gasteiger charge is -2.13. The number of primary amides is 1. The minimum atomic E-state index is -0.474. The van der Waals surface area contributed by atoms with Crippen molar-refractivity contribution in [1.29, 1.82) is 0 Å². The molecule has 0 bridgehead atoms. The van der Waals surface area contributed by atoms with Crippen LogP contribution in [0, 0.1) is 0 Å². The molecule has 34 heavy (non-hydrogen) atoms. The number of amides is 1. The van der Waals surface area contributed by atoms with Gasteiger partial charge in [-0.1, -0.05) is 30.3 Å². The number of ether oxygens (including phenoxy) is 3. The highest BCUT2D eigenvalue weighted by molar-refractivity contribution is 6.08. The van der Waals surface area contributed by atoms with Gasteiger partial charge in [-0.25, -0.2) is 0 Å². The largest absolute Gasteiger partial charge is 0.493 e. The van der Waals surface area contributed by atoms with Gasteiger partial charge in [0.15, 0.2) is 11.5 Å². The highest BCUT2D eigenvalue weighted by Gasteiger charge is 2.14. The van der Waals surface area contributed by atoms with E-state index in [9.17, 15) is 4.79 Å². The zero-order valence-electron chi connectivity index (χ0n) is 18.7. The second-order valence-corrected chi connectivity index (χ2v) is 7.77. The molecule has 5 aromatic rings. The van der Waals surface area contributed by atoms with Crippen molar-refractivity contribution in [2.75, 3.05) is 14.2 Å². The highest BCUT2D eigenvalue weighted by Crippen LogP contribution is 2.38. The molecule has 0 spiro atoms. The first kappa shape index (κ1) is 21.3. The van der Waals surface area contributed by atoms with Crippen LogP contribution in [0.2, 0.25) is 0 Å². The van der Waals surface area contributed by atoms with Gasteiger partial charge in [0.25, 0.3) is 0 Å². The van der Waals surface area contributed by atoms with Crippen molar-refractivity contribution in [3.05, 3.63) is 90.6 Å². The molecule has 0 saturated carbocycles. The molecule has 2 N–H and O–H groups in total. The monoisotopic (exact) mass is 450 g/mol. The van der Waals surface area contributed by atoms with Crippen molar-refractivity contribution >= 4 is 27.6 Å². The summed E-state index contributed by atoms with van der Waals surface area (Å²) in [6.07, 6.45) is 1.68. The predicted octanol–water partition coefficient (Wildman–Crippen LogP) is 5.96. The summed E-state index contributed by atoms with van der Waals surface area (Å²) < 4.78 is 17.1. The normalized spacial score (nSPS) is 10.9. The molecule has 1 amide bonds. The molecule has 6 nitrogen and oxygen atoms in total. The van der Waals surface area contributed by atoms with E-state index in [2.05, 4.69) is 4.98 Å². The Kier molecular flexibility index (Phi) is 5.47. The van der Waals surface area contributed by atoms with Crippen molar-refractivity contribution in [3.8, 4) is 34.1 Å². The Bertz CT molecular complexity index is 1530. The van der Waals surface area contributed by atoms with E-state index >= 15 is 0 Å². The van der Waals surface area contributed by atoms with Crippen molar-refractivity contribution < 1.29 is 19.0 Å². The summed E-state index contributed by atoms with van der Waals surface area (Å²) >= 11 is 0. The molecule has 0 radical (unpaired) electrons. The summed E-state index contributed by atoms with van der Waals surface area (Å²) in [5.74, 6) is 1.95. The molecule has 5 rings (SSSR count). The molecule has 4 aromatic carbocycles. The Morgan fingerprint density at radius 3 is 2.26 bits per heavy atom. The Balaban J connectivity index is 1.61. The molecule has 0 aliphatic heterocycles. The number of rotatable bonds is 6. The van der Waals surface area contributed by atoms with Crippen LogP contribution in [0.3, 0.4) is 0 Å². The molecule has 168 valence electrons. The maximum absolute atomic E-state index is 12.2. The number of hydrogen-bond donors (Lipinski definition) is 1. The number of aromatic nitrogens is 1. The summed E-state index contributed by atoms with van der Waals surface area (Å²) in [5.41, 5.74) is 8.80. The van der Waals surface area contributed by atoms with Gasteiger partial charge in [0.05, 0.1) is 19.7 Å². The third-order valence-corrected chi connectivity index (χ3v) is 5.73. The van der Waals surface area contributed by atoms with Crippen molar-refractivity contribution in [2.45, 2.75) is 0 Å². The lowest BCUT2D eigenvalue weighted by molar-refractivity contribution is 0.100. The van der Waals surface area contributed by atoms with Gasteiger partial charge < -0.3 is 19.9 Å². The van der Waals surface area contributed by atoms with Gasteiger partial charge in [0, 0.05) is 23.2 Å². The zero-order chi connectivity index (χ0) is 23.7. The summed E-state index contributed by atoms with van der Waals surface area (Å²) in [7, 11) is 3.17. The van der Waals surface area contributed by atoms with Crippen LogP contribution in [0.1, 0.15) is 10.4 Å². The maximum atomic E-state index is 12.2. The topological polar surface area (TPSA) is 83.7 Å². The number of fused-ring (bicyclic) bond motifs is 2. The second kappa shape index (κ2) is 8.75. The highest BCUT2D eigenvalue weighted by atomic mass is 16.5. The molecular formula is C28H22N2O4. The number of carbonyl (C=O) groups excluding carboxylic acids is 1. The molecule has 1 aromatic heterocycles. The molecule has 1 heterocycles. The number of nitrogens with two attached hydrogens (primary N) is 1. The SMILES string of the molecule is COc1cc2nccc(Oc3ccc4c(C(N)=O)cc(-c5ccccc5)cc4c3)c2cc1OC. The average Bonchev–Trinajstić information content (AvgIpc) is 2.87. The minimum Gasteiger partial charge on any atom is -0.493 e. The second-order valence-electron chi connectivity index (χ2n) is 7.77. The quantitative estimate of drug-likeness (QED) is 0.345. The number of carbonyl (C=O) groups is 1. The molecule has 0 aliphatic rings. The van der Waals surface area contributed by atoms with Crippen LogP contribution in [-0.4, -0.2) is 25.1 Å². The number of nitrogens with zero attached hydrogens (tertiary/aromatic N) is 1. The standard InChI is InChI=1S/C28H22N2O4/c1-32-26-15-23-24(16-27(26)33-2)30-11-10-25(23)34-20-8-9-21-19(13-20)12-18(14-22(21)28(29)31)17-6-4-3-5-7-17/h3-16H,1-2H3,(H2,29,31). The van der Waals surface area contributed by atoms with E-state index < -0.39 is 5.91 Å². The van der Waals surface area contributed by atoms with Crippen molar-refractivity contribution in [2.24, 2.45) is 5.73 Å². The van der Waals surface area contributed by atoms with E-state index in [0.29, 0.717) is 28.6 Å². The van der Waals surface area contributed by atoms with Gasteiger partial charge in [-0.2, -0.15) is 0 Å². The Hall–Kier alpha value is -4.58. The summed E-state index contributed by atoms with van der Waals surface area (Å²) in [4.78, 5) is 16.6. The van der Waals surface area contributed by atoms with Crippen LogP contribution in [0.5, 0.6) is 23.0 Å². The summed E-state index contributed by atoms with van der Waals surface area (Å²) in [6.45, 7) is 0. The molecule has 0 atom stereocenters. The van der Waals surface area contributed by atoms with E-state index in [1.54, 1.807) is 26.5 Å². The molecule has 6 heteroatoms. The van der Waals surface area contributed by atoms with Crippen LogP contribution in [-0.2, 0) is 0 Å². The molecular weight excluding hydrogens is 428 g/mol. The Morgan fingerprint density at radius 2 is 1.53 bits per heavy atom. The minimum absolute atomic E-state index is 0.467. The van der Waals surface area contributed by atoms with Crippen LogP contribution in [0.15, 0.2) is 85.1 Å². The number of benzene rings is 4. The van der Waals surface area contributed by atoms with Gasteiger partial charge in [0.2, 0.25) is 5.91 Å². The van der Waals surface area contributed by atoms with E-state index in [1.165, 1.54) is 0 Å². The van der Waals surface area contributed by atoms with Gasteiger partial charge in [-0.05, 0) is 64.4 Å². The van der Waals surface area contributed by atoms with E-state index in [-0.39, 0.29) is 0 Å². The Labute approximate surface area is 196 Å². The Morgan fingerprint density at radius 1 is 0.765 bits per heavy atom. The van der Waals surface area contributed by atoms with E-state index in [0.717, 1.165) is 32.8 Å². The first-order chi connectivity index (χ1) is 16.6. The first-order valence-corrected chi connectivity index (χ1v) is 10.7.